The zero-order chi connectivity index (χ0) is 10.1. The van der Waals surface area contributed by atoms with Crippen LogP contribution in [-0.2, 0) is 6.61 Å². The molecular formula is C10H7BrO3. The first-order chi connectivity index (χ1) is 6.72. The van der Waals surface area contributed by atoms with Gasteiger partial charge in [0.1, 0.15) is 16.3 Å². The minimum Gasteiger partial charge on any atom is -0.463 e. The molecule has 0 unspecified atom stereocenters. The summed E-state index contributed by atoms with van der Waals surface area (Å²) in [7, 11) is 0. The first kappa shape index (κ1) is 9.43. The van der Waals surface area contributed by atoms with Crippen molar-refractivity contribution < 1.29 is 9.52 Å². The maximum absolute atomic E-state index is 11.6. The van der Waals surface area contributed by atoms with Crippen LogP contribution in [0.5, 0.6) is 0 Å². The SMILES string of the molecule is O=c1c(Br)coc2cc(CO)ccc12. The Morgan fingerprint density at radius 2 is 2.21 bits per heavy atom. The summed E-state index contributed by atoms with van der Waals surface area (Å²) in [6, 6.07) is 5.01. The van der Waals surface area contributed by atoms with Crippen molar-refractivity contribution in [2.75, 3.05) is 0 Å². The Balaban J connectivity index is 2.81. The third-order valence-corrected chi connectivity index (χ3v) is 2.53. The van der Waals surface area contributed by atoms with Crippen LogP contribution in [0.1, 0.15) is 5.56 Å². The maximum Gasteiger partial charge on any atom is 0.206 e. The van der Waals surface area contributed by atoms with E-state index in [9.17, 15) is 4.79 Å². The van der Waals surface area contributed by atoms with Crippen LogP contribution in [-0.4, -0.2) is 5.11 Å². The second-order valence-corrected chi connectivity index (χ2v) is 3.76. The third-order valence-electron chi connectivity index (χ3n) is 1.98. The standard InChI is InChI=1S/C10H7BrO3/c11-8-5-14-9-3-6(4-12)1-2-7(9)10(8)13/h1-3,5,12H,4H2. The van der Waals surface area contributed by atoms with E-state index in [2.05, 4.69) is 15.9 Å². The summed E-state index contributed by atoms with van der Waals surface area (Å²) in [6.07, 6.45) is 1.35. The van der Waals surface area contributed by atoms with Crippen molar-refractivity contribution in [3.63, 3.8) is 0 Å². The molecule has 0 aliphatic carbocycles. The van der Waals surface area contributed by atoms with E-state index in [4.69, 9.17) is 9.52 Å². The lowest BCUT2D eigenvalue weighted by Gasteiger charge is -1.99. The minimum absolute atomic E-state index is 0.0598. The summed E-state index contributed by atoms with van der Waals surface area (Å²) in [4.78, 5) is 11.6. The van der Waals surface area contributed by atoms with E-state index >= 15 is 0 Å². The fraction of sp³-hybridized carbons (Fsp3) is 0.100. The molecule has 0 bridgehead atoms. The van der Waals surface area contributed by atoms with Crippen LogP contribution in [0, 0.1) is 0 Å². The molecule has 1 aromatic carbocycles. The molecule has 0 radical (unpaired) electrons. The van der Waals surface area contributed by atoms with Crippen molar-refractivity contribution in [2.24, 2.45) is 0 Å². The maximum atomic E-state index is 11.6. The molecule has 0 spiro atoms. The van der Waals surface area contributed by atoms with Crippen LogP contribution in [0.4, 0.5) is 0 Å². The van der Waals surface area contributed by atoms with Gasteiger partial charge < -0.3 is 9.52 Å². The summed E-state index contributed by atoms with van der Waals surface area (Å²) in [5.41, 5.74) is 1.11. The summed E-state index contributed by atoms with van der Waals surface area (Å²) in [5.74, 6) is 0. The Morgan fingerprint density at radius 3 is 2.93 bits per heavy atom. The zero-order valence-electron chi connectivity index (χ0n) is 7.16. The fourth-order valence-electron chi connectivity index (χ4n) is 1.25. The summed E-state index contributed by atoms with van der Waals surface area (Å²) >= 11 is 3.10. The highest BCUT2D eigenvalue weighted by Gasteiger charge is 2.04. The van der Waals surface area contributed by atoms with Crippen molar-refractivity contribution in [3.8, 4) is 0 Å². The number of hydrogen-bond donors (Lipinski definition) is 1. The van der Waals surface area contributed by atoms with E-state index in [-0.39, 0.29) is 12.0 Å². The molecule has 1 N–H and O–H groups in total. The number of aliphatic hydroxyl groups excluding tert-OH is 1. The van der Waals surface area contributed by atoms with Gasteiger partial charge in [-0.05, 0) is 33.6 Å². The molecule has 0 aliphatic rings. The van der Waals surface area contributed by atoms with Gasteiger partial charge in [-0.25, -0.2) is 0 Å². The lowest BCUT2D eigenvalue weighted by atomic mass is 10.1. The van der Waals surface area contributed by atoms with Crippen molar-refractivity contribution in [3.05, 3.63) is 44.7 Å². The molecule has 1 heterocycles. The molecular weight excluding hydrogens is 248 g/mol. The second kappa shape index (κ2) is 3.55. The molecule has 0 atom stereocenters. The van der Waals surface area contributed by atoms with Crippen LogP contribution in [0.2, 0.25) is 0 Å². The second-order valence-electron chi connectivity index (χ2n) is 2.90. The van der Waals surface area contributed by atoms with E-state index in [1.807, 2.05) is 0 Å². The Kier molecular flexibility index (Phi) is 2.39. The number of hydrogen-bond acceptors (Lipinski definition) is 3. The van der Waals surface area contributed by atoms with E-state index in [1.165, 1.54) is 6.26 Å². The van der Waals surface area contributed by atoms with Crippen LogP contribution in [0.3, 0.4) is 0 Å². The van der Waals surface area contributed by atoms with Crippen molar-refractivity contribution in [1.29, 1.82) is 0 Å². The van der Waals surface area contributed by atoms with Crippen LogP contribution in [0.25, 0.3) is 11.0 Å². The predicted molar refractivity (Wildman–Crippen MR) is 56.1 cm³/mol. The number of halogens is 1. The van der Waals surface area contributed by atoms with Crippen LogP contribution in [0.15, 0.2) is 38.1 Å². The monoisotopic (exact) mass is 254 g/mol. The van der Waals surface area contributed by atoms with Gasteiger partial charge in [-0.15, -0.1) is 0 Å². The molecule has 2 rings (SSSR count). The lowest BCUT2D eigenvalue weighted by Crippen LogP contribution is -2.01. The Morgan fingerprint density at radius 1 is 1.43 bits per heavy atom. The largest absolute Gasteiger partial charge is 0.463 e. The first-order valence-corrected chi connectivity index (χ1v) is 4.82. The number of benzene rings is 1. The highest BCUT2D eigenvalue weighted by Crippen LogP contribution is 2.15. The fourth-order valence-corrected chi connectivity index (χ4v) is 1.55. The van der Waals surface area contributed by atoms with Crippen molar-refractivity contribution >= 4 is 26.9 Å². The van der Waals surface area contributed by atoms with Gasteiger partial charge in [0.2, 0.25) is 5.43 Å². The Labute approximate surface area is 88.1 Å². The molecule has 72 valence electrons. The molecule has 0 amide bonds. The average Bonchev–Trinajstić information content (AvgIpc) is 2.23. The zero-order valence-corrected chi connectivity index (χ0v) is 8.74. The van der Waals surface area contributed by atoms with E-state index in [0.29, 0.717) is 15.4 Å². The van der Waals surface area contributed by atoms with Gasteiger partial charge in [0.25, 0.3) is 0 Å². The smallest absolute Gasteiger partial charge is 0.206 e. The molecule has 0 saturated heterocycles. The molecule has 0 saturated carbocycles. The van der Waals surface area contributed by atoms with Crippen LogP contribution >= 0.6 is 15.9 Å². The van der Waals surface area contributed by atoms with Crippen molar-refractivity contribution in [2.45, 2.75) is 6.61 Å². The quantitative estimate of drug-likeness (QED) is 0.848. The predicted octanol–water partition coefficient (Wildman–Crippen LogP) is 2.05. The lowest BCUT2D eigenvalue weighted by molar-refractivity contribution is 0.282. The van der Waals surface area contributed by atoms with Gasteiger partial charge in [0.05, 0.1) is 12.0 Å². The summed E-state index contributed by atoms with van der Waals surface area (Å²) in [6.45, 7) is -0.0598. The average molecular weight is 255 g/mol. The van der Waals surface area contributed by atoms with Gasteiger partial charge in [-0.3, -0.25) is 4.79 Å². The van der Waals surface area contributed by atoms with Gasteiger partial charge >= 0.3 is 0 Å². The van der Waals surface area contributed by atoms with Gasteiger partial charge in [-0.1, -0.05) is 6.07 Å². The number of aliphatic hydroxyl groups is 1. The topological polar surface area (TPSA) is 50.4 Å². The molecule has 2 aromatic rings. The summed E-state index contributed by atoms with van der Waals surface area (Å²) < 4.78 is 5.61. The molecule has 1 aromatic heterocycles. The van der Waals surface area contributed by atoms with Crippen molar-refractivity contribution in [1.82, 2.24) is 0 Å². The highest BCUT2D eigenvalue weighted by molar-refractivity contribution is 9.10. The van der Waals surface area contributed by atoms with E-state index in [1.54, 1.807) is 18.2 Å². The molecule has 14 heavy (non-hydrogen) atoms. The third kappa shape index (κ3) is 1.47. The van der Waals surface area contributed by atoms with Gasteiger partial charge in [-0.2, -0.15) is 0 Å². The summed E-state index contributed by atoms with van der Waals surface area (Å²) in [5, 5.41) is 9.40. The van der Waals surface area contributed by atoms with E-state index in [0.717, 1.165) is 5.56 Å². The van der Waals surface area contributed by atoms with E-state index < -0.39 is 0 Å². The number of fused-ring (bicyclic) bond motifs is 1. The Bertz CT molecular complexity index is 530. The molecule has 0 aliphatic heterocycles. The normalized spacial score (nSPS) is 10.7. The Hall–Kier alpha value is -1.13. The molecule has 0 fully saturated rings. The van der Waals surface area contributed by atoms with Gasteiger partial charge in [0, 0.05) is 0 Å². The molecule has 4 heteroatoms. The number of rotatable bonds is 1. The minimum atomic E-state index is -0.101. The van der Waals surface area contributed by atoms with Crippen LogP contribution < -0.4 is 5.43 Å². The molecule has 3 nitrogen and oxygen atoms in total. The first-order valence-electron chi connectivity index (χ1n) is 4.03. The van der Waals surface area contributed by atoms with Gasteiger partial charge in [0.15, 0.2) is 0 Å². The highest BCUT2D eigenvalue weighted by atomic mass is 79.9.